The van der Waals surface area contributed by atoms with Crippen LogP contribution in [0, 0.1) is 6.92 Å². The summed E-state index contributed by atoms with van der Waals surface area (Å²) >= 11 is 0. The third-order valence-electron chi connectivity index (χ3n) is 7.11. The van der Waals surface area contributed by atoms with Crippen LogP contribution in [-0.2, 0) is 11.3 Å². The zero-order valence-electron chi connectivity index (χ0n) is 20.6. The maximum absolute atomic E-state index is 12.7. The minimum absolute atomic E-state index is 0.149. The molecule has 1 amide bonds. The van der Waals surface area contributed by atoms with E-state index >= 15 is 0 Å². The summed E-state index contributed by atoms with van der Waals surface area (Å²) in [5, 5.41) is 7.82. The molecular weight excluding hydrogens is 434 g/mol. The SMILES string of the molecule is Cc1ccc(-n2cc(C3=CCN(CC(=O)NC4CCN(Cc5ccccc5)CC4)CC3)cn2)cc1. The highest BCUT2D eigenvalue weighted by atomic mass is 16.2. The van der Waals surface area contributed by atoms with E-state index in [1.165, 1.54) is 16.7 Å². The molecule has 182 valence electrons. The largest absolute Gasteiger partial charge is 0.352 e. The second kappa shape index (κ2) is 11.0. The van der Waals surface area contributed by atoms with Gasteiger partial charge in [0.15, 0.2) is 0 Å². The van der Waals surface area contributed by atoms with Crippen LogP contribution in [0.3, 0.4) is 0 Å². The first kappa shape index (κ1) is 23.5. The maximum Gasteiger partial charge on any atom is 0.234 e. The molecule has 35 heavy (non-hydrogen) atoms. The number of likely N-dealkylation sites (tertiary alicyclic amines) is 1. The van der Waals surface area contributed by atoms with E-state index in [9.17, 15) is 4.79 Å². The lowest BCUT2D eigenvalue weighted by atomic mass is 10.0. The predicted molar refractivity (Wildman–Crippen MR) is 140 cm³/mol. The van der Waals surface area contributed by atoms with Crippen molar-refractivity contribution in [2.75, 3.05) is 32.7 Å². The highest BCUT2D eigenvalue weighted by Crippen LogP contribution is 2.23. The fourth-order valence-corrected chi connectivity index (χ4v) is 5.00. The summed E-state index contributed by atoms with van der Waals surface area (Å²) < 4.78 is 1.93. The average molecular weight is 470 g/mol. The fourth-order valence-electron chi connectivity index (χ4n) is 5.00. The molecule has 0 saturated carbocycles. The van der Waals surface area contributed by atoms with Crippen LogP contribution >= 0.6 is 0 Å². The van der Waals surface area contributed by atoms with Crippen molar-refractivity contribution < 1.29 is 4.79 Å². The Morgan fingerprint density at radius 3 is 2.49 bits per heavy atom. The maximum atomic E-state index is 12.7. The molecule has 0 radical (unpaired) electrons. The number of nitrogens with zero attached hydrogens (tertiary/aromatic N) is 4. The summed E-state index contributed by atoms with van der Waals surface area (Å²) in [4.78, 5) is 17.4. The Balaban J connectivity index is 1.06. The monoisotopic (exact) mass is 469 g/mol. The number of hydrogen-bond acceptors (Lipinski definition) is 4. The van der Waals surface area contributed by atoms with Crippen LogP contribution in [-0.4, -0.2) is 64.3 Å². The standard InChI is InChI=1S/C29H35N5O/c1-23-7-9-28(10-8-23)34-21-26(19-30-34)25-11-15-33(16-12-25)22-29(35)31-27-13-17-32(18-14-27)20-24-5-3-2-4-6-24/h2-11,19,21,27H,12-18,20,22H2,1H3,(H,31,35). The topological polar surface area (TPSA) is 53.4 Å². The third-order valence-corrected chi connectivity index (χ3v) is 7.11. The van der Waals surface area contributed by atoms with Crippen LogP contribution in [0.25, 0.3) is 11.3 Å². The number of piperidine rings is 1. The number of amides is 1. The number of carbonyl (C=O) groups excluding carboxylic acids is 1. The lowest BCUT2D eigenvalue weighted by Crippen LogP contribution is -2.47. The summed E-state index contributed by atoms with van der Waals surface area (Å²) in [5.41, 5.74) is 6.15. The van der Waals surface area contributed by atoms with Gasteiger partial charge in [0.1, 0.15) is 0 Å². The molecule has 1 fully saturated rings. The molecule has 2 aliphatic heterocycles. The molecule has 0 unspecified atom stereocenters. The zero-order valence-corrected chi connectivity index (χ0v) is 20.6. The Morgan fingerprint density at radius 1 is 1.00 bits per heavy atom. The van der Waals surface area contributed by atoms with Gasteiger partial charge in [-0.3, -0.25) is 14.6 Å². The quantitative estimate of drug-likeness (QED) is 0.567. The van der Waals surface area contributed by atoms with Crippen LogP contribution in [0.2, 0.25) is 0 Å². The van der Waals surface area contributed by atoms with Gasteiger partial charge in [-0.25, -0.2) is 4.68 Å². The van der Waals surface area contributed by atoms with Gasteiger partial charge >= 0.3 is 0 Å². The lowest BCUT2D eigenvalue weighted by molar-refractivity contribution is -0.123. The molecule has 3 aromatic rings. The summed E-state index contributed by atoms with van der Waals surface area (Å²) in [6.45, 7) is 7.31. The molecule has 1 saturated heterocycles. The van der Waals surface area contributed by atoms with E-state index in [4.69, 9.17) is 0 Å². The first-order valence-electron chi connectivity index (χ1n) is 12.7. The van der Waals surface area contributed by atoms with Gasteiger partial charge in [0.25, 0.3) is 0 Å². The normalized spacial score (nSPS) is 17.8. The van der Waals surface area contributed by atoms with Crippen LogP contribution in [0.15, 0.2) is 73.1 Å². The van der Waals surface area contributed by atoms with E-state index < -0.39 is 0 Å². The van der Waals surface area contributed by atoms with Gasteiger partial charge in [-0.05, 0) is 49.5 Å². The molecule has 2 aromatic carbocycles. The second-order valence-electron chi connectivity index (χ2n) is 9.83. The Hall–Kier alpha value is -3.22. The lowest BCUT2D eigenvalue weighted by Gasteiger charge is -2.33. The van der Waals surface area contributed by atoms with Crippen molar-refractivity contribution in [1.29, 1.82) is 0 Å². The number of rotatable bonds is 7. The van der Waals surface area contributed by atoms with Crippen LogP contribution < -0.4 is 5.32 Å². The summed E-state index contributed by atoms with van der Waals surface area (Å²) in [6.07, 6.45) is 9.27. The first-order valence-corrected chi connectivity index (χ1v) is 12.7. The van der Waals surface area contributed by atoms with E-state index in [1.807, 2.05) is 10.9 Å². The minimum Gasteiger partial charge on any atom is -0.352 e. The van der Waals surface area contributed by atoms with Crippen molar-refractivity contribution in [3.63, 3.8) is 0 Å². The summed E-state index contributed by atoms with van der Waals surface area (Å²) in [6, 6.07) is 19.3. The Morgan fingerprint density at radius 2 is 1.77 bits per heavy atom. The van der Waals surface area contributed by atoms with Gasteiger partial charge in [-0.2, -0.15) is 5.10 Å². The Kier molecular flexibility index (Phi) is 7.40. The molecule has 0 bridgehead atoms. The van der Waals surface area contributed by atoms with Crippen molar-refractivity contribution in [3.05, 3.63) is 89.8 Å². The molecule has 6 heteroatoms. The van der Waals surface area contributed by atoms with Crippen molar-refractivity contribution >= 4 is 11.5 Å². The van der Waals surface area contributed by atoms with Gasteiger partial charge in [-0.15, -0.1) is 0 Å². The molecule has 5 rings (SSSR count). The number of aryl methyl sites for hydroxylation is 1. The van der Waals surface area contributed by atoms with E-state index in [-0.39, 0.29) is 11.9 Å². The van der Waals surface area contributed by atoms with E-state index in [0.717, 1.165) is 63.2 Å². The van der Waals surface area contributed by atoms with Crippen LogP contribution in [0.5, 0.6) is 0 Å². The smallest absolute Gasteiger partial charge is 0.234 e. The van der Waals surface area contributed by atoms with Crippen molar-refractivity contribution in [3.8, 4) is 5.69 Å². The number of nitrogens with one attached hydrogen (secondary N) is 1. The highest BCUT2D eigenvalue weighted by molar-refractivity contribution is 5.78. The molecule has 6 nitrogen and oxygen atoms in total. The zero-order chi connectivity index (χ0) is 24.0. The van der Waals surface area contributed by atoms with Gasteiger partial charge in [0.2, 0.25) is 5.91 Å². The first-order chi connectivity index (χ1) is 17.1. The molecule has 3 heterocycles. The molecule has 0 aliphatic carbocycles. The van der Waals surface area contributed by atoms with Gasteiger partial charge < -0.3 is 5.32 Å². The summed E-state index contributed by atoms with van der Waals surface area (Å²) in [5.74, 6) is 0.149. The second-order valence-corrected chi connectivity index (χ2v) is 9.83. The number of aromatic nitrogens is 2. The van der Waals surface area contributed by atoms with Crippen LogP contribution in [0.1, 0.15) is 36.0 Å². The Labute approximate surface area is 208 Å². The van der Waals surface area contributed by atoms with Crippen molar-refractivity contribution in [1.82, 2.24) is 24.9 Å². The molecule has 0 spiro atoms. The molecule has 1 N–H and O–H groups in total. The third kappa shape index (κ3) is 6.27. The van der Waals surface area contributed by atoms with Gasteiger partial charge in [0.05, 0.1) is 18.4 Å². The van der Waals surface area contributed by atoms with E-state index in [0.29, 0.717) is 6.54 Å². The van der Waals surface area contributed by atoms with Crippen LogP contribution in [0.4, 0.5) is 0 Å². The molecular formula is C29H35N5O. The average Bonchev–Trinajstić information content (AvgIpc) is 3.37. The fraction of sp³-hybridized carbons (Fsp3) is 0.379. The van der Waals surface area contributed by atoms with Gasteiger partial charge in [-0.1, -0.05) is 54.1 Å². The predicted octanol–water partition coefficient (Wildman–Crippen LogP) is 4.05. The number of carbonyl (C=O) groups is 1. The van der Waals surface area contributed by atoms with Crippen molar-refractivity contribution in [2.45, 2.75) is 38.8 Å². The molecule has 0 atom stereocenters. The molecule has 2 aliphatic rings. The highest BCUT2D eigenvalue weighted by Gasteiger charge is 2.22. The summed E-state index contributed by atoms with van der Waals surface area (Å²) in [7, 11) is 0. The van der Waals surface area contributed by atoms with E-state index in [1.54, 1.807) is 0 Å². The van der Waals surface area contributed by atoms with E-state index in [2.05, 4.69) is 94.0 Å². The Bertz CT molecular complexity index is 1140. The van der Waals surface area contributed by atoms with Crippen molar-refractivity contribution in [2.24, 2.45) is 0 Å². The number of hydrogen-bond donors (Lipinski definition) is 1. The minimum atomic E-state index is 0.149. The number of benzene rings is 2. The molecule has 1 aromatic heterocycles. The van der Waals surface area contributed by atoms with Gasteiger partial charge in [0, 0.05) is 50.5 Å².